The van der Waals surface area contributed by atoms with E-state index in [1.165, 1.54) is 7.11 Å². The smallest absolute Gasteiger partial charge is 0.328 e. The highest BCUT2D eigenvalue weighted by atomic mass is 16.5. The molecule has 0 saturated carbocycles. The van der Waals surface area contributed by atoms with Gasteiger partial charge in [-0.1, -0.05) is 20.8 Å². The fourth-order valence-electron chi connectivity index (χ4n) is 2.65. The number of fused-ring (bicyclic) bond motifs is 1. The van der Waals surface area contributed by atoms with E-state index in [0.29, 0.717) is 0 Å². The summed E-state index contributed by atoms with van der Waals surface area (Å²) < 4.78 is 6.81. The Morgan fingerprint density at radius 2 is 2.19 bits per heavy atom. The molecule has 1 aromatic rings. The highest BCUT2D eigenvalue weighted by molar-refractivity contribution is 5.88. The third-order valence-electron chi connectivity index (χ3n) is 3.86. The molecule has 0 saturated heterocycles. The molecule has 0 unspecified atom stereocenters. The topological polar surface area (TPSA) is 73.2 Å². The average molecular weight is 293 g/mol. The number of ether oxygens (including phenoxy) is 1. The van der Waals surface area contributed by atoms with Crippen LogP contribution in [-0.2, 0) is 20.9 Å². The summed E-state index contributed by atoms with van der Waals surface area (Å²) in [7, 11) is 1.33. The molecule has 6 heteroatoms. The minimum atomic E-state index is -0.666. The molecule has 0 bridgehead atoms. The van der Waals surface area contributed by atoms with E-state index in [1.807, 2.05) is 31.5 Å². The van der Waals surface area contributed by atoms with E-state index < -0.39 is 17.4 Å². The van der Waals surface area contributed by atoms with Crippen LogP contribution in [0.2, 0.25) is 0 Å². The minimum absolute atomic E-state index is 0.160. The number of carbonyl (C=O) groups is 2. The van der Waals surface area contributed by atoms with Gasteiger partial charge in [0.25, 0.3) is 0 Å². The van der Waals surface area contributed by atoms with Crippen LogP contribution in [0.1, 0.15) is 45.4 Å². The first-order chi connectivity index (χ1) is 9.84. The summed E-state index contributed by atoms with van der Waals surface area (Å²) in [5.41, 5.74) is -0.410. The number of aromatic nitrogens is 2. The molecule has 2 rings (SSSR count). The maximum absolute atomic E-state index is 12.6. The zero-order valence-electron chi connectivity index (χ0n) is 13.0. The largest absolute Gasteiger partial charge is 0.467 e. The van der Waals surface area contributed by atoms with Gasteiger partial charge >= 0.3 is 5.97 Å². The lowest BCUT2D eigenvalue weighted by molar-refractivity contribution is -0.148. The van der Waals surface area contributed by atoms with Crippen molar-refractivity contribution >= 4 is 11.9 Å². The van der Waals surface area contributed by atoms with E-state index in [9.17, 15) is 9.59 Å². The first-order valence-corrected chi connectivity index (χ1v) is 7.24. The molecule has 1 aromatic heterocycles. The monoisotopic (exact) mass is 293 g/mol. The van der Waals surface area contributed by atoms with Crippen LogP contribution in [0.5, 0.6) is 0 Å². The van der Waals surface area contributed by atoms with Crippen LogP contribution in [0.3, 0.4) is 0 Å². The minimum Gasteiger partial charge on any atom is -0.467 e. The second kappa shape index (κ2) is 5.87. The summed E-state index contributed by atoms with van der Waals surface area (Å²) in [4.78, 5) is 28.8. The summed E-state index contributed by atoms with van der Waals surface area (Å²) in [6.45, 7) is 6.59. The van der Waals surface area contributed by atoms with Gasteiger partial charge in [0.15, 0.2) is 0 Å². The molecule has 6 nitrogen and oxygen atoms in total. The van der Waals surface area contributed by atoms with Crippen molar-refractivity contribution in [2.45, 2.75) is 52.1 Å². The number of amides is 1. The first-order valence-electron chi connectivity index (χ1n) is 7.24. The van der Waals surface area contributed by atoms with Crippen LogP contribution in [-0.4, -0.2) is 34.6 Å². The molecule has 1 N–H and O–H groups in total. The van der Waals surface area contributed by atoms with E-state index in [2.05, 4.69) is 10.3 Å². The third kappa shape index (κ3) is 3.25. The number of imidazole rings is 1. The van der Waals surface area contributed by atoms with Gasteiger partial charge in [0.1, 0.15) is 11.9 Å². The molecule has 0 fully saturated rings. The van der Waals surface area contributed by atoms with Crippen molar-refractivity contribution in [3.05, 3.63) is 18.2 Å². The van der Waals surface area contributed by atoms with E-state index in [4.69, 9.17) is 4.74 Å². The molecule has 2 atom stereocenters. The second-order valence-electron chi connectivity index (χ2n) is 6.50. The van der Waals surface area contributed by atoms with Gasteiger partial charge in [0, 0.05) is 18.9 Å². The van der Waals surface area contributed by atoms with E-state index in [1.54, 1.807) is 6.20 Å². The van der Waals surface area contributed by atoms with Crippen molar-refractivity contribution in [3.63, 3.8) is 0 Å². The van der Waals surface area contributed by atoms with Gasteiger partial charge in [-0.05, 0) is 18.3 Å². The van der Waals surface area contributed by atoms with E-state index in [0.717, 1.165) is 25.2 Å². The Morgan fingerprint density at radius 1 is 1.48 bits per heavy atom. The Hall–Kier alpha value is -1.85. The van der Waals surface area contributed by atoms with Crippen molar-refractivity contribution < 1.29 is 14.3 Å². The van der Waals surface area contributed by atoms with Crippen LogP contribution < -0.4 is 5.32 Å². The molecule has 0 radical (unpaired) electrons. The Bertz CT molecular complexity index is 531. The number of nitrogens with zero attached hydrogens (tertiary/aromatic N) is 2. The van der Waals surface area contributed by atoms with Gasteiger partial charge in [-0.25, -0.2) is 9.78 Å². The van der Waals surface area contributed by atoms with Crippen LogP contribution in [0.25, 0.3) is 0 Å². The molecule has 21 heavy (non-hydrogen) atoms. The molecule has 1 aliphatic heterocycles. The molecule has 0 aromatic carbocycles. The standard InChI is InChI=1S/C15H23N3O3/c1-15(2,3)11(14(20)21-4)17-13(19)10-6-5-8-18-9-7-16-12(10)18/h7,9-11H,5-6,8H2,1-4H3,(H,17,19)/t10-,11+/m0/s1. The number of methoxy groups -OCH3 is 1. The second-order valence-corrected chi connectivity index (χ2v) is 6.50. The SMILES string of the molecule is COC(=O)[C@@H](NC(=O)[C@H]1CCCn2ccnc21)C(C)(C)C. The Balaban J connectivity index is 2.16. The van der Waals surface area contributed by atoms with Crippen molar-refractivity contribution in [2.75, 3.05) is 7.11 Å². The predicted molar refractivity (Wildman–Crippen MR) is 77.6 cm³/mol. The first kappa shape index (κ1) is 15.5. The summed E-state index contributed by atoms with van der Waals surface area (Å²) in [5, 5.41) is 2.84. The van der Waals surface area contributed by atoms with Gasteiger partial charge < -0.3 is 14.6 Å². The quantitative estimate of drug-likeness (QED) is 0.856. The Morgan fingerprint density at radius 3 is 2.81 bits per heavy atom. The Labute approximate surface area is 124 Å². The lowest BCUT2D eigenvalue weighted by Crippen LogP contribution is -2.51. The molecular formula is C15H23N3O3. The van der Waals surface area contributed by atoms with Gasteiger partial charge in [-0.2, -0.15) is 0 Å². The van der Waals surface area contributed by atoms with Gasteiger partial charge in [0.2, 0.25) is 5.91 Å². The van der Waals surface area contributed by atoms with Crippen molar-refractivity contribution in [1.82, 2.24) is 14.9 Å². The fraction of sp³-hybridized carbons (Fsp3) is 0.667. The summed E-state index contributed by atoms with van der Waals surface area (Å²) >= 11 is 0. The number of nitrogens with one attached hydrogen (secondary N) is 1. The van der Waals surface area contributed by atoms with Gasteiger partial charge in [-0.15, -0.1) is 0 Å². The molecule has 2 heterocycles. The summed E-state index contributed by atoms with van der Waals surface area (Å²) in [5.74, 6) is -0.109. The molecule has 1 aliphatic rings. The number of esters is 1. The number of aryl methyl sites for hydroxylation is 1. The highest BCUT2D eigenvalue weighted by Gasteiger charge is 2.37. The molecule has 116 valence electrons. The molecule has 0 aliphatic carbocycles. The van der Waals surface area contributed by atoms with Crippen LogP contribution in [0.4, 0.5) is 0 Å². The van der Waals surface area contributed by atoms with Crippen LogP contribution in [0, 0.1) is 5.41 Å². The predicted octanol–water partition coefficient (Wildman–Crippen LogP) is 1.46. The maximum atomic E-state index is 12.6. The van der Waals surface area contributed by atoms with Crippen molar-refractivity contribution in [1.29, 1.82) is 0 Å². The lowest BCUT2D eigenvalue weighted by Gasteiger charge is -2.31. The number of rotatable bonds is 3. The fourth-order valence-corrected chi connectivity index (χ4v) is 2.65. The third-order valence-corrected chi connectivity index (χ3v) is 3.86. The maximum Gasteiger partial charge on any atom is 0.328 e. The number of hydrogen-bond acceptors (Lipinski definition) is 4. The summed E-state index contributed by atoms with van der Waals surface area (Å²) in [6.07, 6.45) is 5.28. The average Bonchev–Trinajstić information content (AvgIpc) is 2.90. The highest BCUT2D eigenvalue weighted by Crippen LogP contribution is 2.27. The molecular weight excluding hydrogens is 270 g/mol. The van der Waals surface area contributed by atoms with Crippen LogP contribution >= 0.6 is 0 Å². The van der Waals surface area contributed by atoms with Gasteiger partial charge in [0.05, 0.1) is 13.0 Å². The van der Waals surface area contributed by atoms with E-state index >= 15 is 0 Å². The van der Waals surface area contributed by atoms with Crippen molar-refractivity contribution in [3.8, 4) is 0 Å². The molecule has 0 spiro atoms. The van der Waals surface area contributed by atoms with Crippen molar-refractivity contribution in [2.24, 2.45) is 5.41 Å². The van der Waals surface area contributed by atoms with Gasteiger partial charge in [-0.3, -0.25) is 4.79 Å². The normalized spacial score (nSPS) is 19.5. The number of hydrogen-bond donors (Lipinski definition) is 1. The van der Waals surface area contributed by atoms with E-state index in [-0.39, 0.29) is 11.8 Å². The number of carbonyl (C=O) groups excluding carboxylic acids is 2. The molecule has 1 amide bonds. The zero-order valence-corrected chi connectivity index (χ0v) is 13.0. The van der Waals surface area contributed by atoms with Crippen LogP contribution in [0.15, 0.2) is 12.4 Å². The summed E-state index contributed by atoms with van der Waals surface area (Å²) in [6, 6.07) is -0.666. The lowest BCUT2D eigenvalue weighted by atomic mass is 9.86. The Kier molecular flexibility index (Phi) is 4.34. The zero-order chi connectivity index (χ0) is 15.6.